The van der Waals surface area contributed by atoms with Crippen molar-refractivity contribution in [3.8, 4) is 0 Å². The molecule has 1 heteroatoms. The van der Waals surface area contributed by atoms with Gasteiger partial charge >= 0.3 is 0 Å². The second-order valence-corrected chi connectivity index (χ2v) is 12.0. The van der Waals surface area contributed by atoms with Gasteiger partial charge in [-0.1, -0.05) is 59.5 Å². The SMILES string of the molecule is CC(C)CCC[C@@H](C)[C@H]1CC[C@H]2[C@@H]3CCC4=CC(=O)CC[C@]4(C)C3CC[C@]12C. The topological polar surface area (TPSA) is 17.1 Å². The second kappa shape index (κ2) is 7.59. The lowest BCUT2D eigenvalue weighted by Crippen LogP contribution is -2.50. The smallest absolute Gasteiger partial charge is 0.155 e. The van der Waals surface area contributed by atoms with Gasteiger partial charge in [-0.25, -0.2) is 0 Å². The zero-order valence-electron chi connectivity index (χ0n) is 19.2. The van der Waals surface area contributed by atoms with Crippen LogP contribution in [-0.4, -0.2) is 5.78 Å². The molecule has 0 aromatic heterocycles. The number of allylic oxidation sites excluding steroid dienone is 1. The lowest BCUT2D eigenvalue weighted by Gasteiger charge is -2.58. The molecular formula is C27H44O. The van der Waals surface area contributed by atoms with Crippen LogP contribution in [0.15, 0.2) is 11.6 Å². The Morgan fingerprint density at radius 2 is 1.75 bits per heavy atom. The van der Waals surface area contributed by atoms with Crippen LogP contribution in [0.2, 0.25) is 0 Å². The van der Waals surface area contributed by atoms with E-state index in [1.165, 1.54) is 63.4 Å². The Morgan fingerprint density at radius 3 is 2.50 bits per heavy atom. The molecular weight excluding hydrogens is 340 g/mol. The number of hydrogen-bond donors (Lipinski definition) is 0. The van der Waals surface area contributed by atoms with Gasteiger partial charge in [0.2, 0.25) is 0 Å². The highest BCUT2D eigenvalue weighted by Crippen LogP contribution is 2.67. The highest BCUT2D eigenvalue weighted by molar-refractivity contribution is 5.91. The van der Waals surface area contributed by atoms with Gasteiger partial charge in [-0.15, -0.1) is 0 Å². The molecule has 158 valence electrons. The summed E-state index contributed by atoms with van der Waals surface area (Å²) < 4.78 is 0. The maximum atomic E-state index is 12.0. The summed E-state index contributed by atoms with van der Waals surface area (Å²) in [5, 5.41) is 0. The third-order valence-electron chi connectivity index (χ3n) is 10.2. The highest BCUT2D eigenvalue weighted by Gasteiger charge is 2.59. The summed E-state index contributed by atoms with van der Waals surface area (Å²) in [5.41, 5.74) is 2.43. The highest BCUT2D eigenvalue weighted by atomic mass is 16.1. The summed E-state index contributed by atoms with van der Waals surface area (Å²) in [6, 6.07) is 0. The van der Waals surface area contributed by atoms with Crippen molar-refractivity contribution < 1.29 is 4.79 Å². The van der Waals surface area contributed by atoms with Gasteiger partial charge in [-0.05, 0) is 97.4 Å². The average Bonchev–Trinajstić information content (AvgIpc) is 2.99. The molecule has 0 aromatic carbocycles. The van der Waals surface area contributed by atoms with E-state index < -0.39 is 0 Å². The third-order valence-corrected chi connectivity index (χ3v) is 10.2. The molecule has 3 fully saturated rings. The van der Waals surface area contributed by atoms with E-state index in [-0.39, 0.29) is 0 Å². The second-order valence-electron chi connectivity index (χ2n) is 12.0. The number of ketones is 1. The Hall–Kier alpha value is -0.590. The van der Waals surface area contributed by atoms with Gasteiger partial charge in [0.1, 0.15) is 0 Å². The van der Waals surface area contributed by atoms with E-state index in [1.54, 1.807) is 0 Å². The lowest BCUT2D eigenvalue weighted by atomic mass is 9.46. The van der Waals surface area contributed by atoms with E-state index in [2.05, 4.69) is 40.7 Å². The molecule has 4 aliphatic carbocycles. The van der Waals surface area contributed by atoms with Crippen molar-refractivity contribution in [3.05, 3.63) is 11.6 Å². The van der Waals surface area contributed by atoms with Crippen LogP contribution < -0.4 is 0 Å². The fraction of sp³-hybridized carbons (Fsp3) is 0.889. The predicted octanol–water partition coefficient (Wildman–Crippen LogP) is 7.60. The zero-order chi connectivity index (χ0) is 20.1. The summed E-state index contributed by atoms with van der Waals surface area (Å²) in [4.78, 5) is 12.0. The minimum Gasteiger partial charge on any atom is -0.295 e. The molecule has 0 saturated heterocycles. The Balaban J connectivity index is 1.49. The molecule has 4 aliphatic rings. The van der Waals surface area contributed by atoms with Gasteiger partial charge in [-0.3, -0.25) is 4.79 Å². The van der Waals surface area contributed by atoms with Gasteiger partial charge < -0.3 is 0 Å². The van der Waals surface area contributed by atoms with E-state index in [0.717, 1.165) is 48.3 Å². The number of carbonyl (C=O) groups excluding carboxylic acids is 1. The summed E-state index contributed by atoms with van der Waals surface area (Å²) in [6.07, 6.45) is 16.6. The van der Waals surface area contributed by atoms with Crippen LogP contribution in [0.1, 0.15) is 105 Å². The van der Waals surface area contributed by atoms with Crippen molar-refractivity contribution in [2.24, 2.45) is 46.3 Å². The van der Waals surface area contributed by atoms with E-state index in [9.17, 15) is 4.79 Å². The van der Waals surface area contributed by atoms with Crippen LogP contribution in [0, 0.1) is 46.3 Å². The molecule has 0 aliphatic heterocycles. The molecule has 1 unspecified atom stereocenters. The Kier molecular flexibility index (Phi) is 5.60. The van der Waals surface area contributed by atoms with Crippen molar-refractivity contribution in [1.82, 2.24) is 0 Å². The van der Waals surface area contributed by atoms with Gasteiger partial charge in [0.05, 0.1) is 0 Å². The van der Waals surface area contributed by atoms with Gasteiger partial charge in [-0.2, -0.15) is 0 Å². The van der Waals surface area contributed by atoms with Crippen molar-refractivity contribution >= 4 is 5.78 Å². The van der Waals surface area contributed by atoms with Crippen molar-refractivity contribution in [2.45, 2.75) is 105 Å². The molecule has 1 nitrogen and oxygen atoms in total. The molecule has 0 N–H and O–H groups in total. The maximum absolute atomic E-state index is 12.0. The minimum atomic E-state index is 0.332. The lowest BCUT2D eigenvalue weighted by molar-refractivity contribution is -0.117. The van der Waals surface area contributed by atoms with Gasteiger partial charge in [0.15, 0.2) is 5.78 Å². The van der Waals surface area contributed by atoms with E-state index in [0.29, 0.717) is 16.6 Å². The standard InChI is InChI=1S/C27H44O/c1-18(2)7-6-8-19(3)23-11-12-24-22-10-9-20-17-21(28)13-15-26(20,4)25(22)14-16-27(23,24)5/h17-19,22-25H,6-16H2,1-5H3/t19-,22+,23-,24+,25?,26+,27-/m1/s1. The first-order valence-corrected chi connectivity index (χ1v) is 12.5. The fourth-order valence-corrected chi connectivity index (χ4v) is 8.58. The molecule has 28 heavy (non-hydrogen) atoms. The molecule has 0 spiro atoms. The summed E-state index contributed by atoms with van der Waals surface area (Å²) in [7, 11) is 0. The van der Waals surface area contributed by atoms with Crippen molar-refractivity contribution in [2.75, 3.05) is 0 Å². The number of hydrogen-bond acceptors (Lipinski definition) is 1. The Bertz CT molecular complexity index is 630. The molecule has 0 aromatic rings. The Morgan fingerprint density at radius 1 is 0.964 bits per heavy atom. The quantitative estimate of drug-likeness (QED) is 0.477. The first-order chi connectivity index (χ1) is 13.3. The van der Waals surface area contributed by atoms with Crippen LogP contribution in [0.5, 0.6) is 0 Å². The summed E-state index contributed by atoms with van der Waals surface area (Å²) in [5.74, 6) is 5.79. The van der Waals surface area contributed by atoms with E-state index >= 15 is 0 Å². The van der Waals surface area contributed by atoms with Gasteiger partial charge in [0.25, 0.3) is 0 Å². The monoisotopic (exact) mass is 384 g/mol. The van der Waals surface area contributed by atoms with Crippen LogP contribution >= 0.6 is 0 Å². The maximum Gasteiger partial charge on any atom is 0.155 e. The van der Waals surface area contributed by atoms with Crippen LogP contribution in [0.25, 0.3) is 0 Å². The molecule has 3 saturated carbocycles. The normalized spacial score (nSPS) is 43.9. The zero-order valence-corrected chi connectivity index (χ0v) is 19.2. The fourth-order valence-electron chi connectivity index (χ4n) is 8.58. The number of rotatable bonds is 5. The van der Waals surface area contributed by atoms with Crippen molar-refractivity contribution in [3.63, 3.8) is 0 Å². The first-order valence-electron chi connectivity index (χ1n) is 12.5. The molecule has 0 amide bonds. The minimum absolute atomic E-state index is 0.332. The molecule has 7 atom stereocenters. The average molecular weight is 385 g/mol. The molecule has 0 radical (unpaired) electrons. The van der Waals surface area contributed by atoms with Crippen molar-refractivity contribution in [1.29, 1.82) is 0 Å². The Labute approximate surface area is 174 Å². The van der Waals surface area contributed by atoms with Gasteiger partial charge in [0, 0.05) is 6.42 Å². The molecule has 0 heterocycles. The van der Waals surface area contributed by atoms with Crippen LogP contribution in [0.3, 0.4) is 0 Å². The van der Waals surface area contributed by atoms with E-state index in [1.807, 2.05) is 0 Å². The molecule has 4 rings (SSSR count). The molecule has 0 bridgehead atoms. The number of fused-ring (bicyclic) bond motifs is 5. The van der Waals surface area contributed by atoms with E-state index in [4.69, 9.17) is 0 Å². The van der Waals surface area contributed by atoms with Crippen LogP contribution in [-0.2, 0) is 4.79 Å². The number of carbonyl (C=O) groups is 1. The largest absolute Gasteiger partial charge is 0.295 e. The van der Waals surface area contributed by atoms with Crippen LogP contribution in [0.4, 0.5) is 0 Å². The summed E-state index contributed by atoms with van der Waals surface area (Å²) >= 11 is 0. The summed E-state index contributed by atoms with van der Waals surface area (Å²) in [6.45, 7) is 12.5. The third kappa shape index (κ3) is 3.33. The predicted molar refractivity (Wildman–Crippen MR) is 118 cm³/mol. The first kappa shape index (κ1) is 20.7.